The highest BCUT2D eigenvalue weighted by Crippen LogP contribution is 2.39. The van der Waals surface area contributed by atoms with Crippen molar-refractivity contribution in [3.63, 3.8) is 0 Å². The van der Waals surface area contributed by atoms with Crippen LogP contribution in [0.5, 0.6) is 0 Å². The van der Waals surface area contributed by atoms with Gasteiger partial charge < -0.3 is 5.32 Å². The summed E-state index contributed by atoms with van der Waals surface area (Å²) in [5, 5.41) is 3.20. The number of hydrogen-bond acceptors (Lipinski definition) is 3. The van der Waals surface area contributed by atoms with Gasteiger partial charge in [-0.05, 0) is 41.6 Å². The van der Waals surface area contributed by atoms with E-state index in [1.165, 1.54) is 31.4 Å². The minimum absolute atomic E-state index is 0.473. The summed E-state index contributed by atoms with van der Waals surface area (Å²) in [5.41, 5.74) is 1.22. The summed E-state index contributed by atoms with van der Waals surface area (Å²) in [6.07, 6.45) is 7.39. The molecule has 0 aliphatic heterocycles. The van der Waals surface area contributed by atoms with Crippen LogP contribution in [-0.2, 0) is 0 Å². The van der Waals surface area contributed by atoms with Crippen LogP contribution in [0.2, 0.25) is 0 Å². The molecule has 106 valence electrons. The number of nitrogens with one attached hydrogen (secondary N) is 1. The largest absolute Gasteiger partial charge is 0.372 e. The molecule has 1 fully saturated rings. The topological polar surface area (TPSA) is 37.8 Å². The fraction of sp³-hybridized carbons (Fsp3) is 0.733. The van der Waals surface area contributed by atoms with E-state index in [0.29, 0.717) is 11.8 Å². The quantitative estimate of drug-likeness (QED) is 0.841. The maximum Gasteiger partial charge on any atom is 0.144 e. The molecule has 0 amide bonds. The number of anilines is 1. The van der Waals surface area contributed by atoms with Crippen LogP contribution in [0.15, 0.2) is 4.47 Å². The molecule has 1 aliphatic rings. The Morgan fingerprint density at radius 1 is 1.21 bits per heavy atom. The van der Waals surface area contributed by atoms with Gasteiger partial charge in [-0.15, -0.1) is 0 Å². The molecule has 0 spiro atoms. The van der Waals surface area contributed by atoms with E-state index in [9.17, 15) is 0 Å². The van der Waals surface area contributed by atoms with Crippen molar-refractivity contribution in [1.29, 1.82) is 0 Å². The van der Waals surface area contributed by atoms with Gasteiger partial charge in [0.2, 0.25) is 0 Å². The lowest BCUT2D eigenvalue weighted by atomic mass is 10.00. The molecule has 1 N–H and O–H groups in total. The lowest BCUT2D eigenvalue weighted by Gasteiger charge is -2.18. The lowest BCUT2D eigenvalue weighted by molar-refractivity contribution is 0.586. The Hall–Kier alpha value is -0.640. The van der Waals surface area contributed by atoms with Gasteiger partial charge in [0.1, 0.15) is 11.6 Å². The average Bonchev–Trinajstić information content (AvgIpc) is 2.95. The summed E-state index contributed by atoms with van der Waals surface area (Å²) in [4.78, 5) is 9.60. The van der Waals surface area contributed by atoms with Gasteiger partial charge in [0, 0.05) is 18.9 Å². The number of aromatic nitrogens is 2. The summed E-state index contributed by atoms with van der Waals surface area (Å²) < 4.78 is 1.07. The summed E-state index contributed by atoms with van der Waals surface area (Å²) in [7, 11) is 1.93. The van der Waals surface area contributed by atoms with E-state index >= 15 is 0 Å². The van der Waals surface area contributed by atoms with Crippen LogP contribution in [0.1, 0.15) is 75.7 Å². The molecular weight excluding hydrogens is 302 g/mol. The SMILES string of the molecule is CCC(CC)c1nc(NC)c(Br)c(C2CCCC2)n1. The summed E-state index contributed by atoms with van der Waals surface area (Å²) in [5.74, 6) is 3.04. The van der Waals surface area contributed by atoms with Gasteiger partial charge in [-0.3, -0.25) is 0 Å². The molecule has 0 bridgehead atoms. The van der Waals surface area contributed by atoms with Crippen molar-refractivity contribution < 1.29 is 0 Å². The van der Waals surface area contributed by atoms with Crippen molar-refractivity contribution in [3.8, 4) is 0 Å². The van der Waals surface area contributed by atoms with E-state index in [-0.39, 0.29) is 0 Å². The number of hydrogen-bond donors (Lipinski definition) is 1. The third kappa shape index (κ3) is 3.10. The van der Waals surface area contributed by atoms with Crippen LogP contribution >= 0.6 is 15.9 Å². The molecule has 19 heavy (non-hydrogen) atoms. The van der Waals surface area contributed by atoms with E-state index in [0.717, 1.165) is 29.0 Å². The molecule has 4 heteroatoms. The second-order valence-corrected chi connectivity index (χ2v) is 6.17. The fourth-order valence-electron chi connectivity index (χ4n) is 2.95. The van der Waals surface area contributed by atoms with Gasteiger partial charge in [-0.2, -0.15) is 0 Å². The molecule has 1 aromatic rings. The average molecular weight is 326 g/mol. The fourth-order valence-corrected chi connectivity index (χ4v) is 3.65. The molecule has 2 rings (SSSR count). The third-order valence-corrected chi connectivity index (χ3v) is 5.01. The molecule has 1 aromatic heterocycles. The van der Waals surface area contributed by atoms with E-state index < -0.39 is 0 Å². The van der Waals surface area contributed by atoms with Crippen molar-refractivity contribution in [1.82, 2.24) is 9.97 Å². The number of rotatable bonds is 5. The second kappa shape index (κ2) is 6.69. The Bertz CT molecular complexity index is 424. The van der Waals surface area contributed by atoms with E-state index in [1.807, 2.05) is 7.05 Å². The molecule has 1 saturated carbocycles. The van der Waals surface area contributed by atoms with Gasteiger partial charge in [0.25, 0.3) is 0 Å². The Morgan fingerprint density at radius 2 is 1.84 bits per heavy atom. The minimum Gasteiger partial charge on any atom is -0.372 e. The predicted molar refractivity (Wildman–Crippen MR) is 83.8 cm³/mol. The maximum absolute atomic E-state index is 4.91. The number of halogens is 1. The van der Waals surface area contributed by atoms with Crippen molar-refractivity contribution in [2.75, 3.05) is 12.4 Å². The number of nitrogens with zero attached hydrogens (tertiary/aromatic N) is 2. The normalized spacial score (nSPS) is 16.3. The molecule has 0 radical (unpaired) electrons. The smallest absolute Gasteiger partial charge is 0.144 e. The van der Waals surface area contributed by atoms with E-state index in [4.69, 9.17) is 9.97 Å². The molecule has 3 nitrogen and oxygen atoms in total. The predicted octanol–water partition coefficient (Wildman–Crippen LogP) is 4.84. The molecule has 0 unspecified atom stereocenters. The molecule has 0 atom stereocenters. The Kier molecular flexibility index (Phi) is 5.20. The Balaban J connectivity index is 2.42. The molecule has 0 saturated heterocycles. The standard InChI is InChI=1S/C15H24BrN3/c1-4-10(5-2)14-18-13(11-8-6-7-9-11)12(16)15(17-3)19-14/h10-11H,4-9H2,1-3H3,(H,17,18,19). The first-order chi connectivity index (χ1) is 9.21. The van der Waals surface area contributed by atoms with Gasteiger partial charge in [-0.25, -0.2) is 9.97 Å². The highest BCUT2D eigenvalue weighted by Gasteiger charge is 2.25. The first-order valence-electron chi connectivity index (χ1n) is 7.46. The van der Waals surface area contributed by atoms with Crippen molar-refractivity contribution >= 4 is 21.7 Å². The summed E-state index contributed by atoms with van der Waals surface area (Å²) >= 11 is 3.69. The zero-order valence-corrected chi connectivity index (χ0v) is 13.8. The third-order valence-electron chi connectivity index (χ3n) is 4.22. The highest BCUT2D eigenvalue weighted by atomic mass is 79.9. The Labute approximate surface area is 124 Å². The van der Waals surface area contributed by atoms with Crippen LogP contribution in [0.3, 0.4) is 0 Å². The van der Waals surface area contributed by atoms with Crippen LogP contribution in [-0.4, -0.2) is 17.0 Å². The van der Waals surface area contributed by atoms with Crippen LogP contribution in [0.25, 0.3) is 0 Å². The molecule has 1 heterocycles. The zero-order chi connectivity index (χ0) is 13.8. The van der Waals surface area contributed by atoms with E-state index in [2.05, 4.69) is 35.1 Å². The maximum atomic E-state index is 4.91. The lowest BCUT2D eigenvalue weighted by Crippen LogP contribution is -2.11. The van der Waals surface area contributed by atoms with Crippen LogP contribution in [0.4, 0.5) is 5.82 Å². The molecular formula is C15H24BrN3. The van der Waals surface area contributed by atoms with Gasteiger partial charge in [-0.1, -0.05) is 26.7 Å². The first-order valence-corrected chi connectivity index (χ1v) is 8.25. The first kappa shape index (κ1) is 14.8. The van der Waals surface area contributed by atoms with Gasteiger partial charge in [0.05, 0.1) is 10.2 Å². The van der Waals surface area contributed by atoms with Crippen molar-refractivity contribution in [2.45, 2.75) is 64.2 Å². The van der Waals surface area contributed by atoms with Crippen molar-refractivity contribution in [3.05, 3.63) is 16.0 Å². The Morgan fingerprint density at radius 3 is 2.37 bits per heavy atom. The summed E-state index contributed by atoms with van der Waals surface area (Å²) in [6, 6.07) is 0. The van der Waals surface area contributed by atoms with Crippen LogP contribution in [0, 0.1) is 0 Å². The summed E-state index contributed by atoms with van der Waals surface area (Å²) in [6.45, 7) is 4.43. The zero-order valence-electron chi connectivity index (χ0n) is 12.2. The molecule has 0 aromatic carbocycles. The van der Waals surface area contributed by atoms with Crippen molar-refractivity contribution in [2.24, 2.45) is 0 Å². The van der Waals surface area contributed by atoms with Gasteiger partial charge >= 0.3 is 0 Å². The second-order valence-electron chi connectivity index (χ2n) is 5.37. The van der Waals surface area contributed by atoms with Crippen LogP contribution < -0.4 is 5.32 Å². The highest BCUT2D eigenvalue weighted by molar-refractivity contribution is 9.10. The van der Waals surface area contributed by atoms with Gasteiger partial charge in [0.15, 0.2) is 0 Å². The molecule has 1 aliphatic carbocycles. The minimum atomic E-state index is 0.473. The van der Waals surface area contributed by atoms with E-state index in [1.54, 1.807) is 0 Å². The monoisotopic (exact) mass is 325 g/mol.